The van der Waals surface area contributed by atoms with Crippen LogP contribution >= 0.6 is 0 Å². The van der Waals surface area contributed by atoms with E-state index in [2.05, 4.69) is 27.5 Å². The molecule has 3 rings (SSSR count). The number of hydrogen-bond acceptors (Lipinski definition) is 5. The topological polar surface area (TPSA) is 72.9 Å². The van der Waals surface area contributed by atoms with Gasteiger partial charge in [0.1, 0.15) is 0 Å². The largest absolute Gasteiger partial charge is 0.367 e. The minimum Gasteiger partial charge on any atom is -0.367 e. The molecule has 6 nitrogen and oxygen atoms in total. The van der Waals surface area contributed by atoms with Gasteiger partial charge >= 0.3 is 0 Å². The van der Waals surface area contributed by atoms with E-state index in [1.165, 1.54) is 19.3 Å². The molecule has 0 radical (unpaired) electrons. The highest BCUT2D eigenvalue weighted by molar-refractivity contribution is 5.12. The maximum atomic E-state index is 5.77. The molecule has 0 saturated carbocycles. The lowest BCUT2D eigenvalue weighted by molar-refractivity contribution is 0.0370. The van der Waals surface area contributed by atoms with Gasteiger partial charge in [0.15, 0.2) is 0 Å². The Kier molecular flexibility index (Phi) is 2.31. The highest BCUT2D eigenvalue weighted by Gasteiger charge is 2.37. The van der Waals surface area contributed by atoms with E-state index in [1.807, 2.05) is 0 Å². The van der Waals surface area contributed by atoms with Crippen LogP contribution in [0.15, 0.2) is 0 Å². The molecule has 2 unspecified atom stereocenters. The average Bonchev–Trinajstić information content (AvgIpc) is 2.64. The van der Waals surface area contributed by atoms with Gasteiger partial charge in [-0.1, -0.05) is 11.5 Å². The molecule has 2 fully saturated rings. The second-order valence-electron chi connectivity index (χ2n) is 5.01. The fourth-order valence-corrected chi connectivity index (χ4v) is 3.25. The summed E-state index contributed by atoms with van der Waals surface area (Å²) in [6, 6.07) is 1.75. The van der Waals surface area contributed by atoms with Gasteiger partial charge < -0.3 is 10.6 Å². The molecule has 2 aliphatic rings. The summed E-state index contributed by atoms with van der Waals surface area (Å²) in [6.45, 7) is 0. The van der Waals surface area contributed by atoms with E-state index in [1.54, 1.807) is 4.68 Å². The molecule has 0 amide bonds. The molecule has 2 saturated heterocycles. The Labute approximate surface area is 94.8 Å². The Bertz CT molecular complexity index is 361. The molecule has 6 heteroatoms. The van der Waals surface area contributed by atoms with Crippen molar-refractivity contribution >= 4 is 5.95 Å². The van der Waals surface area contributed by atoms with Crippen molar-refractivity contribution in [2.75, 3.05) is 12.8 Å². The lowest BCUT2D eigenvalue weighted by atomic mass is 9.82. The highest BCUT2D eigenvalue weighted by atomic mass is 15.6. The smallest absolute Gasteiger partial charge is 0.240 e. The van der Waals surface area contributed by atoms with Gasteiger partial charge in [0.2, 0.25) is 5.95 Å². The van der Waals surface area contributed by atoms with Gasteiger partial charge in [-0.05, 0) is 43.2 Å². The quantitative estimate of drug-likeness (QED) is 0.746. The van der Waals surface area contributed by atoms with Crippen LogP contribution in [-0.2, 0) is 0 Å². The predicted octanol–water partition coefficient (Wildman–Crippen LogP) is 0.443. The number of tetrazole rings is 1. The molecule has 0 aliphatic carbocycles. The van der Waals surface area contributed by atoms with Gasteiger partial charge in [-0.25, -0.2) is 4.68 Å². The number of rotatable bonds is 1. The van der Waals surface area contributed by atoms with Crippen LogP contribution in [0.3, 0.4) is 0 Å². The molecule has 2 atom stereocenters. The van der Waals surface area contributed by atoms with Crippen molar-refractivity contribution in [3.05, 3.63) is 0 Å². The summed E-state index contributed by atoms with van der Waals surface area (Å²) in [5.74, 6) is 0.452. The summed E-state index contributed by atoms with van der Waals surface area (Å²) in [6.07, 6.45) is 6.21. The summed E-state index contributed by atoms with van der Waals surface area (Å²) in [4.78, 5) is 2.53. The third kappa shape index (κ3) is 1.48. The Morgan fingerprint density at radius 2 is 1.88 bits per heavy atom. The Hall–Kier alpha value is -1.17. The fourth-order valence-electron chi connectivity index (χ4n) is 3.25. The summed E-state index contributed by atoms with van der Waals surface area (Å²) in [7, 11) is 2.24. The molecule has 1 aromatic rings. The molecular weight excluding hydrogens is 204 g/mol. The molecule has 2 bridgehead atoms. The minimum atomic E-state index is 0.390. The highest BCUT2D eigenvalue weighted by Crippen LogP contribution is 2.38. The van der Waals surface area contributed by atoms with Gasteiger partial charge in [-0.15, -0.1) is 0 Å². The van der Waals surface area contributed by atoms with Gasteiger partial charge in [0, 0.05) is 12.1 Å². The van der Waals surface area contributed by atoms with E-state index in [9.17, 15) is 0 Å². The molecule has 88 valence electrons. The number of aromatic nitrogens is 4. The molecule has 16 heavy (non-hydrogen) atoms. The average molecular weight is 222 g/mol. The molecule has 2 N–H and O–H groups in total. The van der Waals surface area contributed by atoms with Crippen molar-refractivity contribution < 1.29 is 0 Å². The van der Waals surface area contributed by atoms with Crippen LogP contribution in [0, 0.1) is 0 Å². The molecule has 1 aromatic heterocycles. The third-order valence-electron chi connectivity index (χ3n) is 4.18. The molecule has 3 heterocycles. The number of anilines is 1. The van der Waals surface area contributed by atoms with E-state index in [0.29, 0.717) is 24.1 Å². The number of nitrogens with two attached hydrogens (primary N) is 1. The van der Waals surface area contributed by atoms with Gasteiger partial charge in [-0.3, -0.25) is 0 Å². The maximum absolute atomic E-state index is 5.77. The summed E-state index contributed by atoms with van der Waals surface area (Å²) >= 11 is 0. The number of nitrogen functional groups attached to an aromatic ring is 1. The van der Waals surface area contributed by atoms with Crippen molar-refractivity contribution in [3.8, 4) is 0 Å². The van der Waals surface area contributed by atoms with E-state index < -0.39 is 0 Å². The van der Waals surface area contributed by atoms with Crippen LogP contribution in [-0.4, -0.2) is 44.2 Å². The summed E-state index contributed by atoms with van der Waals surface area (Å²) in [5, 5.41) is 11.4. The number of nitrogens with zero attached hydrogens (tertiary/aromatic N) is 5. The third-order valence-corrected chi connectivity index (χ3v) is 4.18. The van der Waals surface area contributed by atoms with Crippen molar-refractivity contribution in [2.45, 2.75) is 50.2 Å². The predicted molar refractivity (Wildman–Crippen MR) is 59.7 cm³/mol. The Morgan fingerprint density at radius 3 is 2.44 bits per heavy atom. The normalized spacial score (nSPS) is 35.2. The lowest BCUT2D eigenvalue weighted by Crippen LogP contribution is -2.50. The maximum Gasteiger partial charge on any atom is 0.240 e. The van der Waals surface area contributed by atoms with Crippen LogP contribution in [0.4, 0.5) is 5.95 Å². The molecule has 2 aliphatic heterocycles. The zero-order valence-corrected chi connectivity index (χ0v) is 9.58. The molecule has 0 spiro atoms. The first-order chi connectivity index (χ1) is 7.75. The number of hydrogen-bond donors (Lipinski definition) is 1. The van der Waals surface area contributed by atoms with Gasteiger partial charge in [0.25, 0.3) is 0 Å². The summed E-state index contributed by atoms with van der Waals surface area (Å²) in [5.41, 5.74) is 5.77. The van der Waals surface area contributed by atoms with Crippen LogP contribution in [0.2, 0.25) is 0 Å². The minimum absolute atomic E-state index is 0.390. The van der Waals surface area contributed by atoms with Crippen LogP contribution in [0.25, 0.3) is 0 Å². The Morgan fingerprint density at radius 1 is 1.19 bits per heavy atom. The number of fused-ring (bicyclic) bond motifs is 2. The fraction of sp³-hybridized carbons (Fsp3) is 0.900. The van der Waals surface area contributed by atoms with Crippen LogP contribution in [0.1, 0.15) is 38.1 Å². The van der Waals surface area contributed by atoms with Crippen LogP contribution < -0.4 is 5.73 Å². The standard InChI is InChI=1S/C10H18N6/c1-15-7-3-2-4-8(15)6-9(5-7)16-10(11)12-13-14-16/h7-9H,2-6H2,1H3,(H2,11,12,14). The van der Waals surface area contributed by atoms with Crippen molar-refractivity contribution in [2.24, 2.45) is 0 Å². The SMILES string of the molecule is CN1C2CCCC1CC(n1nnnc1N)C2. The van der Waals surface area contributed by atoms with E-state index in [0.717, 1.165) is 12.8 Å². The second kappa shape index (κ2) is 3.69. The molecule has 0 aromatic carbocycles. The first kappa shape index (κ1) is 10.0. The summed E-state index contributed by atoms with van der Waals surface area (Å²) < 4.78 is 1.80. The zero-order valence-electron chi connectivity index (χ0n) is 9.58. The van der Waals surface area contributed by atoms with Gasteiger partial charge in [-0.2, -0.15) is 0 Å². The lowest BCUT2D eigenvalue weighted by Gasteiger charge is -2.46. The van der Waals surface area contributed by atoms with Crippen LogP contribution in [0.5, 0.6) is 0 Å². The van der Waals surface area contributed by atoms with Crippen molar-refractivity contribution in [1.29, 1.82) is 0 Å². The van der Waals surface area contributed by atoms with E-state index in [-0.39, 0.29) is 0 Å². The number of piperidine rings is 2. The van der Waals surface area contributed by atoms with E-state index >= 15 is 0 Å². The Balaban J connectivity index is 1.82. The van der Waals surface area contributed by atoms with Gasteiger partial charge in [0.05, 0.1) is 6.04 Å². The van der Waals surface area contributed by atoms with Crippen molar-refractivity contribution in [1.82, 2.24) is 25.1 Å². The first-order valence-corrected chi connectivity index (χ1v) is 6.01. The van der Waals surface area contributed by atoms with E-state index in [4.69, 9.17) is 5.73 Å². The second-order valence-corrected chi connectivity index (χ2v) is 5.01. The monoisotopic (exact) mass is 222 g/mol. The van der Waals surface area contributed by atoms with Crippen molar-refractivity contribution in [3.63, 3.8) is 0 Å². The zero-order chi connectivity index (χ0) is 11.1. The molecular formula is C10H18N6. The first-order valence-electron chi connectivity index (χ1n) is 6.01.